The fourth-order valence-electron chi connectivity index (χ4n) is 5.81. The Hall–Kier alpha value is -3.13. The van der Waals surface area contributed by atoms with E-state index in [1.807, 2.05) is 64.8 Å². The topological polar surface area (TPSA) is 84.0 Å². The van der Waals surface area contributed by atoms with Crippen molar-refractivity contribution in [3.8, 4) is 0 Å². The van der Waals surface area contributed by atoms with Crippen molar-refractivity contribution in [2.24, 2.45) is 0 Å². The molecular formula is C33H48N4O4. The van der Waals surface area contributed by atoms with Crippen LogP contribution in [0.3, 0.4) is 0 Å². The van der Waals surface area contributed by atoms with E-state index in [9.17, 15) is 9.59 Å². The van der Waals surface area contributed by atoms with Crippen LogP contribution < -0.4 is 5.32 Å². The number of unbranched alkanes of at least 4 members (excludes halogenated alkanes) is 1. The highest BCUT2D eigenvalue weighted by molar-refractivity contribution is 5.69. The van der Waals surface area contributed by atoms with Crippen molar-refractivity contribution in [2.75, 3.05) is 19.6 Å². The van der Waals surface area contributed by atoms with Crippen LogP contribution in [-0.2, 0) is 28.9 Å². The van der Waals surface area contributed by atoms with Gasteiger partial charge in [0.05, 0.1) is 17.8 Å². The number of hydrogen-bond donors (Lipinski definition) is 1. The van der Waals surface area contributed by atoms with Crippen molar-refractivity contribution < 1.29 is 19.1 Å². The molecule has 2 atom stereocenters. The zero-order valence-electron chi connectivity index (χ0n) is 25.7. The summed E-state index contributed by atoms with van der Waals surface area (Å²) in [5.41, 5.74) is 3.87. The third-order valence-electron chi connectivity index (χ3n) is 7.58. The molecule has 0 spiro atoms. The molecular weight excluding hydrogens is 516 g/mol. The SMILES string of the molecule is CC(C)(C)OC(=O)NCCCCN(CC1Cc2ccccc2CN1C(=O)OC(C)(C)C)C1CCCc2cccnc21. The molecule has 0 saturated heterocycles. The molecule has 0 bridgehead atoms. The minimum absolute atomic E-state index is 0.0197. The van der Waals surface area contributed by atoms with Gasteiger partial charge in [-0.1, -0.05) is 30.3 Å². The summed E-state index contributed by atoms with van der Waals surface area (Å²) in [5.74, 6) is 0. The number of fused-ring (bicyclic) bond motifs is 2. The molecule has 1 aromatic heterocycles. The minimum Gasteiger partial charge on any atom is -0.444 e. The quantitative estimate of drug-likeness (QED) is 0.372. The largest absolute Gasteiger partial charge is 0.444 e. The molecule has 2 aromatic rings. The summed E-state index contributed by atoms with van der Waals surface area (Å²) < 4.78 is 11.3. The Morgan fingerprint density at radius 3 is 2.41 bits per heavy atom. The molecule has 0 radical (unpaired) electrons. The lowest BCUT2D eigenvalue weighted by Crippen LogP contribution is -2.52. The van der Waals surface area contributed by atoms with Crippen LogP contribution in [0.5, 0.6) is 0 Å². The molecule has 1 N–H and O–H groups in total. The summed E-state index contributed by atoms with van der Waals surface area (Å²) in [5, 5.41) is 2.88. The minimum atomic E-state index is -0.564. The summed E-state index contributed by atoms with van der Waals surface area (Å²) in [6, 6.07) is 12.8. The number of benzene rings is 1. The van der Waals surface area contributed by atoms with Crippen molar-refractivity contribution in [3.63, 3.8) is 0 Å². The Labute approximate surface area is 245 Å². The Kier molecular flexibility index (Phi) is 9.95. The summed E-state index contributed by atoms with van der Waals surface area (Å²) >= 11 is 0. The van der Waals surface area contributed by atoms with Gasteiger partial charge in [0.2, 0.25) is 0 Å². The fraction of sp³-hybridized carbons (Fsp3) is 0.606. The lowest BCUT2D eigenvalue weighted by atomic mass is 9.89. The highest BCUT2D eigenvalue weighted by atomic mass is 16.6. The first kappa shape index (κ1) is 30.8. The maximum absolute atomic E-state index is 13.5. The van der Waals surface area contributed by atoms with E-state index in [-0.39, 0.29) is 24.3 Å². The van der Waals surface area contributed by atoms with Crippen molar-refractivity contribution in [1.82, 2.24) is 20.1 Å². The van der Waals surface area contributed by atoms with Crippen LogP contribution in [0.15, 0.2) is 42.6 Å². The van der Waals surface area contributed by atoms with E-state index in [1.54, 1.807) is 0 Å². The Morgan fingerprint density at radius 2 is 1.68 bits per heavy atom. The summed E-state index contributed by atoms with van der Waals surface area (Å²) in [6.45, 7) is 14.0. The van der Waals surface area contributed by atoms with Crippen molar-refractivity contribution >= 4 is 12.2 Å². The number of ether oxygens (including phenoxy) is 2. The number of amides is 2. The first-order valence-corrected chi connectivity index (χ1v) is 15.1. The van der Waals surface area contributed by atoms with Crippen LogP contribution in [0.25, 0.3) is 0 Å². The lowest BCUT2D eigenvalue weighted by Gasteiger charge is -2.42. The first-order chi connectivity index (χ1) is 19.4. The highest BCUT2D eigenvalue weighted by Gasteiger charge is 2.36. The number of hydrogen-bond acceptors (Lipinski definition) is 6. The van der Waals surface area contributed by atoms with Crippen LogP contribution in [0.1, 0.15) is 95.7 Å². The predicted octanol–water partition coefficient (Wildman–Crippen LogP) is 6.43. The smallest absolute Gasteiger partial charge is 0.410 e. The van der Waals surface area contributed by atoms with Crippen LogP contribution in [0, 0.1) is 0 Å². The van der Waals surface area contributed by atoms with Gasteiger partial charge in [-0.25, -0.2) is 9.59 Å². The van der Waals surface area contributed by atoms with Gasteiger partial charge in [-0.3, -0.25) is 14.8 Å². The van der Waals surface area contributed by atoms with E-state index in [4.69, 9.17) is 14.5 Å². The van der Waals surface area contributed by atoms with E-state index < -0.39 is 11.2 Å². The monoisotopic (exact) mass is 564 g/mol. The van der Waals surface area contributed by atoms with Crippen molar-refractivity contribution in [1.29, 1.82) is 0 Å². The van der Waals surface area contributed by atoms with E-state index in [1.165, 1.54) is 16.7 Å². The molecule has 2 amide bonds. The molecule has 1 aromatic carbocycles. The third-order valence-corrected chi connectivity index (χ3v) is 7.58. The molecule has 1 aliphatic heterocycles. The Balaban J connectivity index is 1.51. The first-order valence-electron chi connectivity index (χ1n) is 15.1. The summed E-state index contributed by atoms with van der Waals surface area (Å²) in [7, 11) is 0. The van der Waals surface area contributed by atoms with Crippen LogP contribution in [0.4, 0.5) is 9.59 Å². The molecule has 4 rings (SSSR count). The van der Waals surface area contributed by atoms with E-state index >= 15 is 0 Å². The number of rotatable bonds is 8. The van der Waals surface area contributed by atoms with E-state index in [0.29, 0.717) is 13.1 Å². The molecule has 41 heavy (non-hydrogen) atoms. The molecule has 8 nitrogen and oxygen atoms in total. The lowest BCUT2D eigenvalue weighted by molar-refractivity contribution is 0.00455. The average Bonchev–Trinajstić information content (AvgIpc) is 2.89. The number of carbonyl (C=O) groups excluding carboxylic acids is 2. The summed E-state index contributed by atoms with van der Waals surface area (Å²) in [6.07, 6.45) is 6.98. The van der Waals surface area contributed by atoms with E-state index in [2.05, 4.69) is 34.5 Å². The summed E-state index contributed by atoms with van der Waals surface area (Å²) in [4.78, 5) is 34.9. The van der Waals surface area contributed by atoms with Crippen molar-refractivity contribution in [3.05, 3.63) is 65.0 Å². The highest BCUT2D eigenvalue weighted by Crippen LogP contribution is 2.35. The maximum Gasteiger partial charge on any atom is 0.410 e. The molecule has 2 unspecified atom stereocenters. The molecule has 8 heteroatoms. The van der Waals surface area contributed by atoms with Gasteiger partial charge < -0.3 is 14.8 Å². The second-order valence-corrected chi connectivity index (χ2v) is 13.3. The normalized spacial score (nSPS) is 18.9. The molecule has 0 saturated carbocycles. The van der Waals surface area contributed by atoms with E-state index in [0.717, 1.165) is 57.3 Å². The number of nitrogens with zero attached hydrogens (tertiary/aromatic N) is 3. The Bertz CT molecular complexity index is 1190. The second kappa shape index (κ2) is 13.2. The zero-order chi connectivity index (χ0) is 29.6. The fourth-order valence-corrected chi connectivity index (χ4v) is 5.81. The number of alkyl carbamates (subject to hydrolysis) is 1. The van der Waals surface area contributed by atoms with Gasteiger partial charge >= 0.3 is 12.2 Å². The van der Waals surface area contributed by atoms with Crippen LogP contribution in [-0.4, -0.2) is 63.8 Å². The van der Waals surface area contributed by atoms with Gasteiger partial charge in [-0.05, 0) is 109 Å². The second-order valence-electron chi connectivity index (χ2n) is 13.3. The van der Waals surface area contributed by atoms with Gasteiger partial charge in [-0.2, -0.15) is 0 Å². The Morgan fingerprint density at radius 1 is 0.976 bits per heavy atom. The number of carbonyl (C=O) groups is 2. The molecule has 2 aliphatic rings. The van der Waals surface area contributed by atoms with Crippen LogP contribution >= 0.6 is 0 Å². The average molecular weight is 565 g/mol. The predicted molar refractivity (Wildman–Crippen MR) is 161 cm³/mol. The zero-order valence-corrected chi connectivity index (χ0v) is 25.7. The van der Waals surface area contributed by atoms with Gasteiger partial charge in [0, 0.05) is 25.8 Å². The number of aryl methyl sites for hydroxylation is 1. The standard InChI is InChI=1S/C33H48N4O4/c1-32(2,3)40-30(38)35-18-9-10-20-36(28-17-11-15-24-16-12-19-34-29(24)28)23-27-21-25-13-7-8-14-26(25)22-37(27)31(39)41-33(4,5)6/h7-8,12-14,16,19,27-28H,9-11,15,17-18,20-23H2,1-6H3,(H,35,38). The van der Waals surface area contributed by atoms with Gasteiger partial charge in [-0.15, -0.1) is 0 Å². The van der Waals surface area contributed by atoms with Gasteiger partial charge in [0.15, 0.2) is 0 Å². The van der Waals surface area contributed by atoms with Gasteiger partial charge in [0.1, 0.15) is 11.2 Å². The van der Waals surface area contributed by atoms with Gasteiger partial charge in [0.25, 0.3) is 0 Å². The van der Waals surface area contributed by atoms with Crippen LogP contribution in [0.2, 0.25) is 0 Å². The number of aromatic nitrogens is 1. The van der Waals surface area contributed by atoms with Crippen molar-refractivity contribution in [2.45, 2.75) is 110 Å². The molecule has 224 valence electrons. The maximum atomic E-state index is 13.5. The molecule has 2 heterocycles. The number of nitrogens with one attached hydrogen (secondary N) is 1. The molecule has 0 fully saturated rings. The molecule has 1 aliphatic carbocycles. The number of pyridine rings is 1. The third kappa shape index (κ3) is 8.93.